The van der Waals surface area contributed by atoms with Crippen LogP contribution in [0.3, 0.4) is 0 Å². The first-order chi connectivity index (χ1) is 9.40. The van der Waals surface area contributed by atoms with Gasteiger partial charge in [-0.15, -0.1) is 0 Å². The Balaban J connectivity index is 2.20. The average Bonchev–Trinajstić information content (AvgIpc) is 2.93. The predicted octanol–water partition coefficient (Wildman–Crippen LogP) is 3.70. The minimum absolute atomic E-state index is 0.951. The summed E-state index contributed by atoms with van der Waals surface area (Å²) >= 11 is 0. The van der Waals surface area contributed by atoms with E-state index in [2.05, 4.69) is 27.9 Å². The van der Waals surface area contributed by atoms with Gasteiger partial charge in [-0.05, 0) is 24.6 Å². The number of aromatic amines is 1. The van der Waals surface area contributed by atoms with Gasteiger partial charge in [0.15, 0.2) is 0 Å². The van der Waals surface area contributed by atoms with Gasteiger partial charge in [-0.3, -0.25) is 9.97 Å². The Hall–Kier alpha value is -2.42. The molecule has 0 saturated carbocycles. The standard InChI is InChI=1S/C16H15N3/c1-2-14-16(15-7-3-4-9-18-15)13(11-19-14)12-6-5-8-17-10-12/h3-11,19H,2H2,1H3. The van der Waals surface area contributed by atoms with Crippen molar-refractivity contribution in [1.82, 2.24) is 15.0 Å². The lowest BCUT2D eigenvalue weighted by atomic mass is 10.0. The molecule has 0 aliphatic carbocycles. The van der Waals surface area contributed by atoms with Crippen LogP contribution in [-0.2, 0) is 6.42 Å². The number of nitrogens with one attached hydrogen (secondary N) is 1. The number of hydrogen-bond donors (Lipinski definition) is 1. The first-order valence-electron chi connectivity index (χ1n) is 6.42. The van der Waals surface area contributed by atoms with Gasteiger partial charge < -0.3 is 4.98 Å². The third-order valence-corrected chi connectivity index (χ3v) is 3.21. The van der Waals surface area contributed by atoms with Gasteiger partial charge in [0.05, 0.1) is 5.69 Å². The van der Waals surface area contributed by atoms with Crippen LogP contribution >= 0.6 is 0 Å². The lowest BCUT2D eigenvalue weighted by Gasteiger charge is -2.06. The van der Waals surface area contributed by atoms with Crippen molar-refractivity contribution < 1.29 is 0 Å². The highest BCUT2D eigenvalue weighted by Gasteiger charge is 2.14. The van der Waals surface area contributed by atoms with Crippen molar-refractivity contribution in [2.45, 2.75) is 13.3 Å². The van der Waals surface area contributed by atoms with Crippen molar-refractivity contribution in [3.8, 4) is 22.4 Å². The molecule has 3 heteroatoms. The molecule has 3 rings (SSSR count). The monoisotopic (exact) mass is 249 g/mol. The van der Waals surface area contributed by atoms with E-state index in [0.29, 0.717) is 0 Å². The third-order valence-electron chi connectivity index (χ3n) is 3.21. The summed E-state index contributed by atoms with van der Waals surface area (Å²) in [7, 11) is 0. The van der Waals surface area contributed by atoms with Crippen molar-refractivity contribution in [2.75, 3.05) is 0 Å². The fourth-order valence-electron chi connectivity index (χ4n) is 2.30. The Labute approximate surface area is 112 Å². The van der Waals surface area contributed by atoms with E-state index in [9.17, 15) is 0 Å². The first kappa shape index (κ1) is 11.7. The molecule has 0 spiro atoms. The first-order valence-corrected chi connectivity index (χ1v) is 6.42. The van der Waals surface area contributed by atoms with Crippen LogP contribution in [-0.4, -0.2) is 15.0 Å². The molecular formula is C16H15N3. The van der Waals surface area contributed by atoms with Gasteiger partial charge in [-0.1, -0.05) is 19.1 Å². The molecule has 3 nitrogen and oxygen atoms in total. The SMILES string of the molecule is CCc1[nH]cc(-c2cccnc2)c1-c1ccccn1. The fraction of sp³-hybridized carbons (Fsp3) is 0.125. The lowest BCUT2D eigenvalue weighted by Crippen LogP contribution is -1.89. The van der Waals surface area contributed by atoms with E-state index < -0.39 is 0 Å². The normalized spacial score (nSPS) is 10.6. The van der Waals surface area contributed by atoms with E-state index >= 15 is 0 Å². The summed E-state index contributed by atoms with van der Waals surface area (Å²) in [6.45, 7) is 2.14. The van der Waals surface area contributed by atoms with Gasteiger partial charge >= 0.3 is 0 Å². The highest BCUT2D eigenvalue weighted by Crippen LogP contribution is 2.33. The zero-order valence-corrected chi connectivity index (χ0v) is 10.8. The quantitative estimate of drug-likeness (QED) is 0.769. The molecule has 3 aromatic heterocycles. The fourth-order valence-corrected chi connectivity index (χ4v) is 2.30. The van der Waals surface area contributed by atoms with E-state index in [-0.39, 0.29) is 0 Å². The molecule has 1 N–H and O–H groups in total. The molecule has 19 heavy (non-hydrogen) atoms. The van der Waals surface area contributed by atoms with Crippen LogP contribution in [0.25, 0.3) is 22.4 Å². The molecule has 3 heterocycles. The summed E-state index contributed by atoms with van der Waals surface area (Å²) in [5.41, 5.74) is 5.65. The molecule has 0 atom stereocenters. The second kappa shape index (κ2) is 5.06. The van der Waals surface area contributed by atoms with Gasteiger partial charge in [0, 0.05) is 47.2 Å². The second-order valence-corrected chi connectivity index (χ2v) is 4.37. The van der Waals surface area contributed by atoms with Crippen molar-refractivity contribution in [3.63, 3.8) is 0 Å². The van der Waals surface area contributed by atoms with Gasteiger partial charge in [0.1, 0.15) is 0 Å². The number of H-pyrrole nitrogens is 1. The highest BCUT2D eigenvalue weighted by atomic mass is 14.7. The molecular weight excluding hydrogens is 234 g/mol. The second-order valence-electron chi connectivity index (χ2n) is 4.37. The smallest absolute Gasteiger partial charge is 0.0726 e. The van der Waals surface area contributed by atoms with Gasteiger partial charge in [-0.25, -0.2) is 0 Å². The highest BCUT2D eigenvalue weighted by molar-refractivity contribution is 5.83. The summed E-state index contributed by atoms with van der Waals surface area (Å²) in [6, 6.07) is 10.0. The van der Waals surface area contributed by atoms with E-state index in [1.54, 1.807) is 6.20 Å². The van der Waals surface area contributed by atoms with E-state index in [4.69, 9.17) is 0 Å². The van der Waals surface area contributed by atoms with E-state index in [1.807, 2.05) is 42.9 Å². The van der Waals surface area contributed by atoms with Crippen LogP contribution in [0.5, 0.6) is 0 Å². The van der Waals surface area contributed by atoms with Crippen LogP contribution in [0.4, 0.5) is 0 Å². The molecule has 0 aromatic carbocycles. The van der Waals surface area contributed by atoms with Gasteiger partial charge in [0.2, 0.25) is 0 Å². The van der Waals surface area contributed by atoms with Crippen LogP contribution in [0, 0.1) is 0 Å². The van der Waals surface area contributed by atoms with Crippen molar-refractivity contribution in [2.24, 2.45) is 0 Å². The summed E-state index contributed by atoms with van der Waals surface area (Å²) in [6.07, 6.45) is 8.49. The molecule has 94 valence electrons. The number of aromatic nitrogens is 3. The minimum atomic E-state index is 0.951. The summed E-state index contributed by atoms with van der Waals surface area (Å²) < 4.78 is 0. The summed E-state index contributed by atoms with van der Waals surface area (Å²) in [5, 5.41) is 0. The number of aryl methyl sites for hydroxylation is 1. The predicted molar refractivity (Wildman–Crippen MR) is 76.6 cm³/mol. The van der Waals surface area contributed by atoms with Crippen LogP contribution in [0.15, 0.2) is 55.1 Å². The number of pyridine rings is 2. The molecule has 0 saturated heterocycles. The Bertz CT molecular complexity index is 657. The van der Waals surface area contributed by atoms with Crippen LogP contribution < -0.4 is 0 Å². The van der Waals surface area contributed by atoms with Crippen molar-refractivity contribution in [3.05, 3.63) is 60.8 Å². The number of hydrogen-bond acceptors (Lipinski definition) is 2. The molecule has 3 aromatic rings. The van der Waals surface area contributed by atoms with Crippen LogP contribution in [0.2, 0.25) is 0 Å². The molecule has 0 radical (unpaired) electrons. The lowest BCUT2D eigenvalue weighted by molar-refractivity contribution is 1.06. The zero-order valence-electron chi connectivity index (χ0n) is 10.8. The van der Waals surface area contributed by atoms with Gasteiger partial charge in [-0.2, -0.15) is 0 Å². The minimum Gasteiger partial charge on any atom is -0.364 e. The Morgan fingerprint density at radius 2 is 2.05 bits per heavy atom. The maximum atomic E-state index is 4.48. The van der Waals surface area contributed by atoms with E-state index in [0.717, 1.165) is 23.2 Å². The largest absolute Gasteiger partial charge is 0.364 e. The maximum absolute atomic E-state index is 4.48. The summed E-state index contributed by atoms with van der Waals surface area (Å²) in [5.74, 6) is 0. The molecule has 0 unspecified atom stereocenters. The van der Waals surface area contributed by atoms with E-state index in [1.165, 1.54) is 11.3 Å². The van der Waals surface area contributed by atoms with Gasteiger partial charge in [0.25, 0.3) is 0 Å². The third kappa shape index (κ3) is 2.15. The summed E-state index contributed by atoms with van der Waals surface area (Å²) in [4.78, 5) is 12.0. The molecule has 0 fully saturated rings. The maximum Gasteiger partial charge on any atom is 0.0726 e. The zero-order chi connectivity index (χ0) is 13.1. The number of rotatable bonds is 3. The Kier molecular flexibility index (Phi) is 3.11. The van der Waals surface area contributed by atoms with Crippen molar-refractivity contribution >= 4 is 0 Å². The molecule has 0 aliphatic rings. The molecule has 0 aliphatic heterocycles. The molecule has 0 amide bonds. The topological polar surface area (TPSA) is 41.6 Å². The van der Waals surface area contributed by atoms with Crippen LogP contribution in [0.1, 0.15) is 12.6 Å². The Morgan fingerprint density at radius 3 is 2.74 bits per heavy atom. The number of nitrogens with zero attached hydrogens (tertiary/aromatic N) is 2. The molecule has 0 bridgehead atoms. The average molecular weight is 249 g/mol. The Morgan fingerprint density at radius 1 is 1.11 bits per heavy atom. The van der Waals surface area contributed by atoms with Crippen molar-refractivity contribution in [1.29, 1.82) is 0 Å².